The Hall–Kier alpha value is -3.14. The number of ether oxygens (including phenoxy) is 1. The summed E-state index contributed by atoms with van der Waals surface area (Å²) in [6.45, 7) is 0. The zero-order chi connectivity index (χ0) is 25.3. The van der Waals surface area contributed by atoms with E-state index < -0.39 is 29.4 Å². The Balaban J connectivity index is 1.20. The third-order valence-corrected chi connectivity index (χ3v) is 7.09. The van der Waals surface area contributed by atoms with Gasteiger partial charge in [-0.05, 0) is 63.5 Å². The molecule has 3 aliphatic rings. The van der Waals surface area contributed by atoms with E-state index in [1.54, 1.807) is 0 Å². The number of allylic oxidation sites excluding steroid dienone is 1. The fourth-order valence-corrected chi connectivity index (χ4v) is 4.77. The van der Waals surface area contributed by atoms with Gasteiger partial charge in [-0.15, -0.1) is 0 Å². The van der Waals surface area contributed by atoms with Crippen molar-refractivity contribution in [2.24, 2.45) is 5.41 Å². The average molecular weight is 518 g/mol. The molecule has 2 saturated carbocycles. The molecule has 2 aromatic rings. The number of amides is 2. The third-order valence-electron chi connectivity index (χ3n) is 6.91. The first-order chi connectivity index (χ1) is 17.3. The summed E-state index contributed by atoms with van der Waals surface area (Å²) in [7, 11) is 0. The van der Waals surface area contributed by atoms with Gasteiger partial charge < -0.3 is 15.4 Å². The highest BCUT2D eigenvalue weighted by molar-refractivity contribution is 6.29. The fraction of sp³-hybridized carbons (Fsp3) is 0.480. The number of carbonyl (C=O) groups excluding carboxylic acids is 2. The highest BCUT2D eigenvalue weighted by atomic mass is 35.5. The molecule has 36 heavy (non-hydrogen) atoms. The van der Waals surface area contributed by atoms with E-state index in [1.807, 2.05) is 0 Å². The van der Waals surface area contributed by atoms with Crippen molar-refractivity contribution in [3.05, 3.63) is 47.4 Å². The number of halogens is 3. The minimum absolute atomic E-state index is 0.0202. The number of alkyl halides is 1. The number of carbonyl (C=O) groups is 2. The number of aromatic nitrogens is 3. The Bertz CT molecular complexity index is 1250. The second-order valence-electron chi connectivity index (χ2n) is 9.53. The first-order valence-electron chi connectivity index (χ1n) is 12.1. The first kappa shape index (κ1) is 24.5. The van der Waals surface area contributed by atoms with Crippen LogP contribution in [0.15, 0.2) is 42.2 Å². The molecule has 0 bridgehead atoms. The maximum atomic E-state index is 14.9. The van der Waals surface area contributed by atoms with Crippen LogP contribution < -0.4 is 15.4 Å². The minimum Gasteiger partial charge on any atom is -0.452 e. The summed E-state index contributed by atoms with van der Waals surface area (Å²) in [5.41, 5.74) is -0.532. The minimum atomic E-state index is -1.14. The van der Waals surface area contributed by atoms with Crippen LogP contribution in [0.4, 0.5) is 8.78 Å². The monoisotopic (exact) mass is 517 g/mol. The normalized spacial score (nSPS) is 25.2. The van der Waals surface area contributed by atoms with E-state index in [1.165, 1.54) is 30.6 Å². The van der Waals surface area contributed by atoms with Crippen molar-refractivity contribution in [3.8, 4) is 5.75 Å². The average Bonchev–Trinajstić information content (AvgIpc) is 3.68. The van der Waals surface area contributed by atoms with E-state index in [4.69, 9.17) is 16.3 Å². The summed E-state index contributed by atoms with van der Waals surface area (Å²) in [6.07, 6.45) is 8.86. The molecule has 2 fully saturated rings. The fourth-order valence-electron chi connectivity index (χ4n) is 4.64. The zero-order valence-corrected chi connectivity index (χ0v) is 20.2. The first-order valence-corrected chi connectivity index (χ1v) is 12.5. The zero-order valence-electron chi connectivity index (χ0n) is 19.5. The quantitative estimate of drug-likeness (QED) is 0.438. The molecule has 190 valence electrons. The Morgan fingerprint density at radius 1 is 1.11 bits per heavy atom. The molecule has 0 saturated heterocycles. The SMILES string of the molecule is O=C(NC1C=C(F)C(Oc2ccnc3ncc(Cl)nc23)=CC1)C1(C(=O)NC2CCCC(F)CC2)CC1. The van der Waals surface area contributed by atoms with E-state index in [2.05, 4.69) is 25.6 Å². The molecule has 11 heteroatoms. The summed E-state index contributed by atoms with van der Waals surface area (Å²) in [4.78, 5) is 38.2. The van der Waals surface area contributed by atoms with Gasteiger partial charge in [0.15, 0.2) is 28.5 Å². The van der Waals surface area contributed by atoms with Crippen molar-refractivity contribution in [2.75, 3.05) is 0 Å². The predicted molar refractivity (Wildman–Crippen MR) is 128 cm³/mol. The van der Waals surface area contributed by atoms with Crippen molar-refractivity contribution in [3.63, 3.8) is 0 Å². The lowest BCUT2D eigenvalue weighted by molar-refractivity contribution is -0.137. The van der Waals surface area contributed by atoms with Gasteiger partial charge in [0.1, 0.15) is 16.7 Å². The van der Waals surface area contributed by atoms with Gasteiger partial charge >= 0.3 is 0 Å². The molecule has 3 unspecified atom stereocenters. The Morgan fingerprint density at radius 2 is 1.92 bits per heavy atom. The van der Waals surface area contributed by atoms with Gasteiger partial charge in [0.25, 0.3) is 0 Å². The number of pyridine rings is 1. The lowest BCUT2D eigenvalue weighted by Gasteiger charge is -2.24. The van der Waals surface area contributed by atoms with E-state index in [-0.39, 0.29) is 35.0 Å². The second-order valence-corrected chi connectivity index (χ2v) is 9.92. The van der Waals surface area contributed by atoms with Gasteiger partial charge in [-0.1, -0.05) is 11.6 Å². The van der Waals surface area contributed by atoms with Crippen molar-refractivity contribution in [1.82, 2.24) is 25.6 Å². The molecule has 0 aliphatic heterocycles. The van der Waals surface area contributed by atoms with Crippen molar-refractivity contribution >= 4 is 34.6 Å². The van der Waals surface area contributed by atoms with Gasteiger partial charge in [0.05, 0.1) is 12.2 Å². The molecule has 8 nitrogen and oxygen atoms in total. The number of fused-ring (bicyclic) bond motifs is 1. The van der Waals surface area contributed by atoms with Crippen LogP contribution in [0.5, 0.6) is 5.75 Å². The molecule has 2 amide bonds. The van der Waals surface area contributed by atoms with Crippen LogP contribution in [-0.2, 0) is 9.59 Å². The smallest absolute Gasteiger partial charge is 0.236 e. The number of rotatable bonds is 6. The topological polar surface area (TPSA) is 106 Å². The number of nitrogens with zero attached hydrogens (tertiary/aromatic N) is 3. The highest BCUT2D eigenvalue weighted by Crippen LogP contribution is 2.46. The van der Waals surface area contributed by atoms with Crippen LogP contribution in [-0.4, -0.2) is 45.0 Å². The van der Waals surface area contributed by atoms with Gasteiger partial charge in [-0.3, -0.25) is 9.59 Å². The lowest BCUT2D eigenvalue weighted by Crippen LogP contribution is -2.48. The van der Waals surface area contributed by atoms with Gasteiger partial charge in [0.2, 0.25) is 11.8 Å². The number of hydrogen-bond acceptors (Lipinski definition) is 6. The molecule has 3 aliphatic carbocycles. The second kappa shape index (κ2) is 10.1. The van der Waals surface area contributed by atoms with Crippen LogP contribution in [0, 0.1) is 5.41 Å². The number of nitrogens with one attached hydrogen (secondary N) is 2. The summed E-state index contributed by atoms with van der Waals surface area (Å²) < 4.78 is 34.2. The summed E-state index contributed by atoms with van der Waals surface area (Å²) in [6, 6.07) is 0.790. The lowest BCUT2D eigenvalue weighted by atomic mass is 10.0. The Kier molecular flexibility index (Phi) is 6.87. The van der Waals surface area contributed by atoms with Crippen molar-refractivity contribution in [2.45, 2.75) is 69.6 Å². The highest BCUT2D eigenvalue weighted by Gasteiger charge is 2.57. The summed E-state index contributed by atoms with van der Waals surface area (Å²) in [5, 5.41) is 5.89. The largest absolute Gasteiger partial charge is 0.452 e. The van der Waals surface area contributed by atoms with Gasteiger partial charge in [-0.25, -0.2) is 23.7 Å². The third kappa shape index (κ3) is 5.18. The maximum Gasteiger partial charge on any atom is 0.236 e. The van der Waals surface area contributed by atoms with Crippen LogP contribution >= 0.6 is 11.6 Å². The molecular formula is C25H26ClF2N5O3. The molecular weight excluding hydrogens is 492 g/mol. The van der Waals surface area contributed by atoms with E-state index in [0.717, 1.165) is 0 Å². The van der Waals surface area contributed by atoms with E-state index >= 15 is 0 Å². The molecule has 2 heterocycles. The van der Waals surface area contributed by atoms with Crippen LogP contribution in [0.1, 0.15) is 51.4 Å². The van der Waals surface area contributed by atoms with Gasteiger partial charge in [0, 0.05) is 18.3 Å². The molecule has 2 N–H and O–H groups in total. The maximum absolute atomic E-state index is 14.9. The molecule has 2 aromatic heterocycles. The van der Waals surface area contributed by atoms with Crippen LogP contribution in [0.25, 0.3) is 11.2 Å². The Morgan fingerprint density at radius 3 is 2.69 bits per heavy atom. The van der Waals surface area contributed by atoms with E-state index in [9.17, 15) is 18.4 Å². The van der Waals surface area contributed by atoms with Crippen molar-refractivity contribution in [1.29, 1.82) is 0 Å². The summed E-state index contributed by atoms with van der Waals surface area (Å²) in [5.74, 6) is -1.17. The van der Waals surface area contributed by atoms with Crippen molar-refractivity contribution < 1.29 is 23.1 Å². The predicted octanol–water partition coefficient (Wildman–Crippen LogP) is 4.25. The molecule has 0 spiro atoms. The van der Waals surface area contributed by atoms with Crippen LogP contribution in [0.2, 0.25) is 5.15 Å². The Labute approximate surface area is 211 Å². The van der Waals surface area contributed by atoms with Crippen LogP contribution in [0.3, 0.4) is 0 Å². The van der Waals surface area contributed by atoms with E-state index in [0.29, 0.717) is 56.1 Å². The molecule has 0 radical (unpaired) electrons. The molecule has 3 atom stereocenters. The number of hydrogen-bond donors (Lipinski definition) is 2. The molecule has 5 rings (SSSR count). The standard InChI is InChI=1S/C25H26ClF2N5O3/c26-20-13-30-22-21(33-20)19(8-11-29-22)36-18-7-6-16(12-17(18)28)32-24(35)25(9-10-25)23(34)31-15-3-1-2-14(27)4-5-15/h7-8,11-16H,1-6,9-10H2,(H,31,34)(H,32,35). The molecule has 0 aromatic carbocycles. The summed E-state index contributed by atoms with van der Waals surface area (Å²) >= 11 is 5.92. The van der Waals surface area contributed by atoms with Gasteiger partial charge in [-0.2, -0.15) is 0 Å².